The fourth-order valence-corrected chi connectivity index (χ4v) is 15.4. The molecule has 1 saturated carbocycles. The second kappa shape index (κ2) is 16.7. The fourth-order valence-electron chi connectivity index (χ4n) is 14.2. The number of hydrogen-bond acceptors (Lipinski definition) is 12. The van der Waals surface area contributed by atoms with Crippen molar-refractivity contribution in [2.24, 2.45) is 18.4 Å². The number of aliphatic hydroxyl groups is 1. The number of hydrogen-bond donors (Lipinski definition) is 1. The minimum atomic E-state index is -2.30. The first kappa shape index (κ1) is 46.0. The molecule has 2 bridgehead atoms. The lowest BCUT2D eigenvalue weighted by Crippen LogP contribution is -2.81. The van der Waals surface area contributed by atoms with Crippen LogP contribution in [0, 0.1) is 11.3 Å². The minimum Gasteiger partial charge on any atom is -0.496 e. The SMILES string of the molecule is CCC1=C[C@H]2CN(C1)Cc1c(n(C)c3ccc(SCc4ccccc4Cl)cc13)[C@@](C(=O)OC)(c1cc3c(cc1OC)N(C)[C@H]1[C@@](O)(C(=O)OC)[C@H](OC(C)=O)[C@]4(CC)C=CCN5CC[C@]31[C@@H]54)C2. The van der Waals surface area contributed by atoms with E-state index >= 15 is 4.79 Å². The first-order chi connectivity index (χ1) is 32.2. The van der Waals surface area contributed by atoms with E-state index < -0.39 is 51.9 Å². The van der Waals surface area contributed by atoms with Gasteiger partial charge in [-0.1, -0.05) is 67.4 Å². The van der Waals surface area contributed by atoms with Gasteiger partial charge in [0.05, 0.1) is 27.4 Å². The number of anilines is 1. The van der Waals surface area contributed by atoms with E-state index in [4.69, 9.17) is 30.5 Å². The van der Waals surface area contributed by atoms with Crippen molar-refractivity contribution in [3.05, 3.63) is 111 Å². The highest BCUT2D eigenvalue weighted by atomic mass is 35.5. The van der Waals surface area contributed by atoms with Crippen molar-refractivity contribution < 1.29 is 38.4 Å². The molecule has 1 aromatic heterocycles. The second-order valence-corrected chi connectivity index (χ2v) is 21.1. The van der Waals surface area contributed by atoms with Crippen LogP contribution in [0.4, 0.5) is 5.69 Å². The summed E-state index contributed by atoms with van der Waals surface area (Å²) in [6.45, 7) is 9.08. The molecule has 3 aromatic carbocycles. The normalized spacial score (nSPS) is 31.5. The van der Waals surface area contributed by atoms with E-state index in [0.29, 0.717) is 56.0 Å². The van der Waals surface area contributed by atoms with Gasteiger partial charge in [0.25, 0.3) is 0 Å². The molecular weight excluding hydrogens is 888 g/mol. The van der Waals surface area contributed by atoms with Crippen LogP contribution < -0.4 is 9.64 Å². The second-order valence-electron chi connectivity index (χ2n) is 19.6. The molecule has 6 heterocycles. The van der Waals surface area contributed by atoms with Gasteiger partial charge in [0.1, 0.15) is 11.2 Å². The summed E-state index contributed by atoms with van der Waals surface area (Å²) < 4.78 is 26.5. The van der Waals surface area contributed by atoms with Gasteiger partial charge in [0.2, 0.25) is 5.60 Å². The van der Waals surface area contributed by atoms with Crippen molar-refractivity contribution in [3.8, 4) is 5.75 Å². The number of benzene rings is 3. The van der Waals surface area contributed by atoms with Crippen molar-refractivity contribution >= 4 is 57.9 Å². The molecule has 6 aliphatic rings. The summed E-state index contributed by atoms with van der Waals surface area (Å²) >= 11 is 8.35. The maximum Gasteiger partial charge on any atom is 0.344 e. The molecule has 4 aromatic rings. The molecule has 1 N–H and O–H groups in total. The molecule has 1 spiro atoms. The van der Waals surface area contributed by atoms with Crippen molar-refractivity contribution in [1.82, 2.24) is 14.4 Å². The van der Waals surface area contributed by atoms with E-state index in [1.54, 1.807) is 18.9 Å². The number of methoxy groups -OCH3 is 3. The average molecular weight is 950 g/mol. The molecule has 14 heteroatoms. The molecule has 354 valence electrons. The molecule has 1 saturated heterocycles. The van der Waals surface area contributed by atoms with E-state index in [9.17, 15) is 14.7 Å². The molecule has 0 radical (unpaired) electrons. The Hall–Kier alpha value is -4.79. The van der Waals surface area contributed by atoms with Gasteiger partial charge in [0, 0.05) is 114 Å². The van der Waals surface area contributed by atoms with E-state index in [-0.39, 0.29) is 12.0 Å². The summed E-state index contributed by atoms with van der Waals surface area (Å²) in [5.41, 5.74) is 2.06. The van der Waals surface area contributed by atoms with Gasteiger partial charge in [-0.3, -0.25) is 19.4 Å². The number of ether oxygens (including phenoxy) is 4. The topological polar surface area (TPSA) is 123 Å². The van der Waals surface area contributed by atoms with Gasteiger partial charge in [-0.15, -0.1) is 11.8 Å². The predicted octanol–water partition coefficient (Wildman–Crippen LogP) is 7.71. The lowest BCUT2D eigenvalue weighted by atomic mass is 9.47. The molecule has 10 rings (SSSR count). The first-order valence-electron chi connectivity index (χ1n) is 23.5. The molecule has 67 heavy (non-hydrogen) atoms. The summed E-state index contributed by atoms with van der Waals surface area (Å²) in [5, 5.41) is 15.3. The van der Waals surface area contributed by atoms with Crippen molar-refractivity contribution in [1.29, 1.82) is 0 Å². The van der Waals surface area contributed by atoms with E-state index in [1.165, 1.54) is 26.7 Å². The Bertz CT molecular complexity index is 2770. The summed E-state index contributed by atoms with van der Waals surface area (Å²) in [6, 6.07) is 17.4. The Balaban J connectivity index is 1.25. The van der Waals surface area contributed by atoms with Crippen LogP contribution in [0.15, 0.2) is 83.3 Å². The maximum atomic E-state index is 15.7. The molecule has 0 amide bonds. The van der Waals surface area contributed by atoms with Crippen LogP contribution in [0.5, 0.6) is 5.75 Å². The molecule has 9 atom stereocenters. The number of halogens is 1. The highest BCUT2D eigenvalue weighted by Crippen LogP contribution is 2.68. The number of carbonyl (C=O) groups is 3. The Labute approximate surface area is 402 Å². The first-order valence-corrected chi connectivity index (χ1v) is 24.9. The zero-order valence-corrected chi connectivity index (χ0v) is 41.3. The number of aromatic nitrogens is 1. The van der Waals surface area contributed by atoms with Crippen LogP contribution in [0.3, 0.4) is 0 Å². The number of carbonyl (C=O) groups excluding carboxylic acids is 3. The number of nitrogens with zero attached hydrogens (tertiary/aromatic N) is 4. The standard InChI is InChI=1S/C53H61ClN4O8S/c1-9-32-22-33-26-52(48(60)64-7,44-37(29-57(27-32)28-33)36-23-35(16-17-41(36)55(44)4)67-30-34-14-11-12-15-40(34)54)39-24-38-42(25-43(39)63-6)56(5)46-51(38)19-21-58-20-13-18-50(10-2,45(51)58)47(66-31(3)59)53(46,62)49(61)65-8/h11-18,22-25,33,45-47,62H,9-10,19-21,26-30H2,1-8H3/t33-,45+,46-,47-,50-,51-,52+,53+/m1/s1. The molecule has 1 unspecified atom stereocenters. The van der Waals surface area contributed by atoms with Crippen LogP contribution in [-0.2, 0) is 58.8 Å². The van der Waals surface area contributed by atoms with E-state index in [2.05, 4.69) is 76.9 Å². The van der Waals surface area contributed by atoms with Crippen LogP contribution >= 0.6 is 23.4 Å². The van der Waals surface area contributed by atoms with Crippen LogP contribution in [0.25, 0.3) is 10.9 Å². The Morgan fingerprint density at radius 1 is 0.955 bits per heavy atom. The van der Waals surface area contributed by atoms with Gasteiger partial charge in [-0.2, -0.15) is 0 Å². The highest BCUT2D eigenvalue weighted by molar-refractivity contribution is 7.98. The third kappa shape index (κ3) is 6.39. The Kier molecular flexibility index (Phi) is 11.5. The zero-order valence-electron chi connectivity index (χ0n) is 39.7. The third-order valence-electron chi connectivity index (χ3n) is 16.6. The predicted molar refractivity (Wildman–Crippen MR) is 260 cm³/mol. The zero-order chi connectivity index (χ0) is 47.4. The number of fused-ring (bicyclic) bond motifs is 6. The number of thioether (sulfide) groups is 1. The molecule has 12 nitrogen and oxygen atoms in total. The lowest BCUT2D eigenvalue weighted by molar-refractivity contribution is -0.228. The number of likely N-dealkylation sites (N-methyl/N-ethyl adjacent to an activating group) is 1. The van der Waals surface area contributed by atoms with E-state index in [1.807, 2.05) is 43.1 Å². The number of aryl methyl sites for hydroxylation is 1. The lowest BCUT2D eigenvalue weighted by Gasteiger charge is -2.63. The number of rotatable bonds is 10. The Morgan fingerprint density at radius 3 is 2.43 bits per heavy atom. The molecule has 2 fully saturated rings. The summed E-state index contributed by atoms with van der Waals surface area (Å²) in [4.78, 5) is 51.3. The van der Waals surface area contributed by atoms with Gasteiger partial charge >= 0.3 is 17.9 Å². The van der Waals surface area contributed by atoms with Crippen molar-refractivity contribution in [2.45, 2.75) is 98.3 Å². The minimum absolute atomic E-state index is 0.0102. The van der Waals surface area contributed by atoms with Crippen molar-refractivity contribution in [3.63, 3.8) is 0 Å². The monoisotopic (exact) mass is 948 g/mol. The van der Waals surface area contributed by atoms with Crippen LogP contribution in [0.1, 0.15) is 74.4 Å². The van der Waals surface area contributed by atoms with Crippen LogP contribution in [-0.4, -0.2) is 116 Å². The Morgan fingerprint density at radius 2 is 1.73 bits per heavy atom. The van der Waals surface area contributed by atoms with Gasteiger partial charge < -0.3 is 33.5 Å². The quantitative estimate of drug-likeness (QED) is 0.0726. The van der Waals surface area contributed by atoms with E-state index in [0.717, 1.165) is 68.4 Å². The highest BCUT2D eigenvalue weighted by Gasteiger charge is 2.80. The summed E-state index contributed by atoms with van der Waals surface area (Å²) in [5.74, 6) is -0.670. The molecule has 5 aliphatic heterocycles. The molecule has 1 aliphatic carbocycles. The van der Waals surface area contributed by atoms with Gasteiger partial charge in [-0.05, 0) is 85.2 Å². The maximum absolute atomic E-state index is 15.7. The summed E-state index contributed by atoms with van der Waals surface area (Å²) in [6.07, 6.45) is 7.60. The van der Waals surface area contributed by atoms with Gasteiger partial charge in [0.15, 0.2) is 6.10 Å². The average Bonchev–Trinajstić information content (AvgIpc) is 3.94. The molecular formula is C53H61ClN4O8S. The third-order valence-corrected chi connectivity index (χ3v) is 18.0. The van der Waals surface area contributed by atoms with Crippen LogP contribution in [0.2, 0.25) is 5.02 Å². The fraction of sp³-hybridized carbons (Fsp3) is 0.491. The smallest absolute Gasteiger partial charge is 0.344 e. The van der Waals surface area contributed by atoms with Gasteiger partial charge in [-0.25, -0.2) is 4.79 Å². The largest absolute Gasteiger partial charge is 0.496 e. The number of esters is 3. The summed E-state index contributed by atoms with van der Waals surface area (Å²) in [7, 11) is 8.32. The van der Waals surface area contributed by atoms with Crippen molar-refractivity contribution in [2.75, 3.05) is 59.5 Å².